The smallest absolute Gasteiger partial charge is 0.137 e. The maximum Gasteiger partial charge on any atom is 0.137 e. The SMILES string of the molecule is Cc1ccccc1Sc1c(F)cccc1CNC1CC1. The molecule has 0 amide bonds. The Morgan fingerprint density at radius 3 is 2.70 bits per heavy atom. The molecule has 0 bridgehead atoms. The second-order valence-electron chi connectivity index (χ2n) is 5.25. The molecule has 0 saturated heterocycles. The normalized spacial score (nSPS) is 14.5. The van der Waals surface area contributed by atoms with Gasteiger partial charge in [-0.25, -0.2) is 4.39 Å². The van der Waals surface area contributed by atoms with Gasteiger partial charge < -0.3 is 5.32 Å². The van der Waals surface area contributed by atoms with E-state index in [2.05, 4.69) is 18.3 Å². The minimum Gasteiger partial charge on any atom is -0.310 e. The minimum atomic E-state index is -0.131. The number of hydrogen-bond acceptors (Lipinski definition) is 2. The van der Waals surface area contributed by atoms with Gasteiger partial charge in [-0.2, -0.15) is 0 Å². The van der Waals surface area contributed by atoms with Crippen molar-refractivity contribution in [1.82, 2.24) is 5.32 Å². The van der Waals surface area contributed by atoms with Crippen LogP contribution in [0.1, 0.15) is 24.0 Å². The molecule has 1 N–H and O–H groups in total. The van der Waals surface area contributed by atoms with Gasteiger partial charge in [0.05, 0.1) is 4.90 Å². The number of hydrogen-bond donors (Lipinski definition) is 1. The number of rotatable bonds is 5. The molecule has 0 radical (unpaired) electrons. The van der Waals surface area contributed by atoms with Crippen molar-refractivity contribution < 1.29 is 4.39 Å². The van der Waals surface area contributed by atoms with Crippen LogP contribution in [-0.4, -0.2) is 6.04 Å². The number of aryl methyl sites for hydroxylation is 1. The number of nitrogens with one attached hydrogen (secondary N) is 1. The molecule has 0 aromatic heterocycles. The van der Waals surface area contributed by atoms with Crippen LogP contribution in [0.3, 0.4) is 0 Å². The summed E-state index contributed by atoms with van der Waals surface area (Å²) in [5, 5.41) is 3.46. The van der Waals surface area contributed by atoms with Gasteiger partial charge in [-0.3, -0.25) is 0 Å². The first-order valence-corrected chi connectivity index (χ1v) is 7.80. The fraction of sp³-hybridized carbons (Fsp3) is 0.294. The summed E-state index contributed by atoms with van der Waals surface area (Å²) in [4.78, 5) is 1.86. The van der Waals surface area contributed by atoms with E-state index in [0.29, 0.717) is 6.04 Å². The van der Waals surface area contributed by atoms with E-state index in [1.54, 1.807) is 12.1 Å². The van der Waals surface area contributed by atoms with Gasteiger partial charge in [-0.05, 0) is 43.0 Å². The second kappa shape index (κ2) is 5.98. The van der Waals surface area contributed by atoms with E-state index < -0.39 is 0 Å². The first kappa shape index (κ1) is 13.7. The summed E-state index contributed by atoms with van der Waals surface area (Å²) in [5.74, 6) is -0.131. The van der Waals surface area contributed by atoms with Crippen LogP contribution < -0.4 is 5.32 Å². The van der Waals surface area contributed by atoms with E-state index >= 15 is 0 Å². The summed E-state index contributed by atoms with van der Waals surface area (Å²) < 4.78 is 14.2. The molecule has 1 aliphatic rings. The lowest BCUT2D eigenvalue weighted by atomic mass is 10.2. The zero-order valence-electron chi connectivity index (χ0n) is 11.5. The molecule has 1 nitrogen and oxygen atoms in total. The molecule has 0 spiro atoms. The van der Waals surface area contributed by atoms with Gasteiger partial charge in [-0.15, -0.1) is 0 Å². The Hall–Kier alpha value is -1.32. The van der Waals surface area contributed by atoms with Crippen molar-refractivity contribution in [3.63, 3.8) is 0 Å². The molecule has 3 rings (SSSR count). The van der Waals surface area contributed by atoms with Crippen molar-refractivity contribution in [2.75, 3.05) is 0 Å². The van der Waals surface area contributed by atoms with Gasteiger partial charge in [-0.1, -0.05) is 42.1 Å². The van der Waals surface area contributed by atoms with E-state index in [-0.39, 0.29) is 5.82 Å². The Morgan fingerprint density at radius 1 is 1.15 bits per heavy atom. The average molecular weight is 287 g/mol. The monoisotopic (exact) mass is 287 g/mol. The topological polar surface area (TPSA) is 12.0 Å². The number of halogens is 1. The Bertz CT molecular complexity index is 608. The minimum absolute atomic E-state index is 0.131. The van der Waals surface area contributed by atoms with Gasteiger partial charge in [0.1, 0.15) is 5.82 Å². The third kappa shape index (κ3) is 3.22. The lowest BCUT2D eigenvalue weighted by Gasteiger charge is -2.12. The van der Waals surface area contributed by atoms with Crippen LogP contribution in [0.25, 0.3) is 0 Å². The third-order valence-corrected chi connectivity index (χ3v) is 4.85. The molecule has 0 atom stereocenters. The first-order valence-electron chi connectivity index (χ1n) is 6.98. The molecule has 1 fully saturated rings. The molecule has 20 heavy (non-hydrogen) atoms. The van der Waals surface area contributed by atoms with Gasteiger partial charge in [0.15, 0.2) is 0 Å². The van der Waals surface area contributed by atoms with E-state index in [0.717, 1.165) is 21.9 Å². The molecular weight excluding hydrogens is 269 g/mol. The third-order valence-electron chi connectivity index (χ3n) is 3.51. The summed E-state index contributed by atoms with van der Waals surface area (Å²) in [6.45, 7) is 2.81. The van der Waals surface area contributed by atoms with E-state index in [1.165, 1.54) is 30.2 Å². The summed E-state index contributed by atoms with van der Waals surface area (Å²) in [6.07, 6.45) is 2.49. The van der Waals surface area contributed by atoms with Crippen LogP contribution in [0.2, 0.25) is 0 Å². The number of benzene rings is 2. The second-order valence-corrected chi connectivity index (χ2v) is 6.30. The summed E-state index contributed by atoms with van der Waals surface area (Å²) in [7, 11) is 0. The first-order chi connectivity index (χ1) is 9.74. The van der Waals surface area contributed by atoms with Crippen LogP contribution in [0, 0.1) is 12.7 Å². The predicted molar refractivity (Wildman–Crippen MR) is 81.6 cm³/mol. The molecule has 2 aromatic carbocycles. The van der Waals surface area contributed by atoms with Crippen molar-refractivity contribution >= 4 is 11.8 Å². The quantitative estimate of drug-likeness (QED) is 0.866. The van der Waals surface area contributed by atoms with Crippen molar-refractivity contribution in [1.29, 1.82) is 0 Å². The fourth-order valence-electron chi connectivity index (χ4n) is 2.13. The van der Waals surface area contributed by atoms with Crippen LogP contribution in [0.4, 0.5) is 4.39 Å². The molecule has 0 unspecified atom stereocenters. The average Bonchev–Trinajstić information content (AvgIpc) is 3.26. The van der Waals surface area contributed by atoms with Crippen LogP contribution in [-0.2, 0) is 6.54 Å². The summed E-state index contributed by atoms with van der Waals surface area (Å²) in [6, 6.07) is 14.1. The van der Waals surface area contributed by atoms with Crippen LogP contribution >= 0.6 is 11.8 Å². The lowest BCUT2D eigenvalue weighted by molar-refractivity contribution is 0.589. The van der Waals surface area contributed by atoms with E-state index in [4.69, 9.17) is 0 Å². The Labute approximate surface area is 123 Å². The van der Waals surface area contributed by atoms with Crippen LogP contribution in [0.15, 0.2) is 52.3 Å². The molecule has 104 valence electrons. The van der Waals surface area contributed by atoms with E-state index in [1.807, 2.05) is 24.3 Å². The maximum absolute atomic E-state index is 14.2. The summed E-state index contributed by atoms with van der Waals surface area (Å²) >= 11 is 1.52. The highest BCUT2D eigenvalue weighted by molar-refractivity contribution is 7.99. The van der Waals surface area contributed by atoms with Gasteiger partial charge in [0.25, 0.3) is 0 Å². The van der Waals surface area contributed by atoms with Gasteiger partial charge in [0, 0.05) is 17.5 Å². The summed E-state index contributed by atoms with van der Waals surface area (Å²) in [5.41, 5.74) is 2.23. The Kier molecular flexibility index (Phi) is 4.08. The Morgan fingerprint density at radius 2 is 1.95 bits per heavy atom. The zero-order valence-corrected chi connectivity index (χ0v) is 12.3. The molecular formula is C17H18FNS. The molecule has 0 heterocycles. The fourth-order valence-corrected chi connectivity index (χ4v) is 3.16. The van der Waals surface area contributed by atoms with Crippen molar-refractivity contribution in [3.8, 4) is 0 Å². The standard InChI is InChI=1S/C17H18FNS/c1-12-5-2-3-8-16(12)20-17-13(6-4-7-15(17)18)11-19-14-9-10-14/h2-8,14,19H,9-11H2,1H3. The van der Waals surface area contributed by atoms with Crippen LogP contribution in [0.5, 0.6) is 0 Å². The Balaban J connectivity index is 1.85. The zero-order chi connectivity index (χ0) is 13.9. The van der Waals surface area contributed by atoms with Gasteiger partial charge >= 0.3 is 0 Å². The lowest BCUT2D eigenvalue weighted by Crippen LogP contribution is -2.16. The molecule has 3 heteroatoms. The molecule has 0 aliphatic heterocycles. The van der Waals surface area contributed by atoms with Crippen molar-refractivity contribution in [2.45, 2.75) is 42.1 Å². The largest absolute Gasteiger partial charge is 0.310 e. The van der Waals surface area contributed by atoms with Crippen molar-refractivity contribution in [2.24, 2.45) is 0 Å². The van der Waals surface area contributed by atoms with Crippen molar-refractivity contribution in [3.05, 3.63) is 59.4 Å². The van der Waals surface area contributed by atoms with E-state index in [9.17, 15) is 4.39 Å². The maximum atomic E-state index is 14.2. The molecule has 1 saturated carbocycles. The predicted octanol–water partition coefficient (Wildman–Crippen LogP) is 4.54. The molecule has 2 aromatic rings. The highest BCUT2D eigenvalue weighted by Crippen LogP contribution is 2.34. The molecule has 1 aliphatic carbocycles. The van der Waals surface area contributed by atoms with Gasteiger partial charge in [0.2, 0.25) is 0 Å². The highest BCUT2D eigenvalue weighted by Gasteiger charge is 2.21. The highest BCUT2D eigenvalue weighted by atomic mass is 32.2.